The first-order valence-electron chi connectivity index (χ1n) is 15.5. The molecule has 1 saturated carbocycles. The number of ketones is 2. The normalized spacial score (nSPS) is 29.5. The summed E-state index contributed by atoms with van der Waals surface area (Å²) in [6, 6.07) is 22.7. The molecule has 6 nitrogen and oxygen atoms in total. The average molecular weight is 586 g/mol. The summed E-state index contributed by atoms with van der Waals surface area (Å²) in [6.07, 6.45) is 4.31. The number of nitrogens with zero attached hydrogens (tertiary/aromatic N) is 1. The fraction of sp³-hybridized carbons (Fsp3) is 0.316. The molecule has 4 aliphatic rings. The first-order chi connectivity index (χ1) is 21.2. The topological polar surface area (TPSA) is 91.8 Å². The third-order valence-corrected chi connectivity index (χ3v) is 10.6. The van der Waals surface area contributed by atoms with E-state index in [9.17, 15) is 24.3 Å². The number of imide groups is 1. The summed E-state index contributed by atoms with van der Waals surface area (Å²) < 4.78 is 0. The lowest BCUT2D eigenvalue weighted by molar-refractivity contribution is -0.140. The average Bonchev–Trinajstić information content (AvgIpc) is 3.29. The van der Waals surface area contributed by atoms with Crippen LogP contribution in [0.1, 0.15) is 53.5 Å². The highest BCUT2D eigenvalue weighted by molar-refractivity contribution is 6.31. The van der Waals surface area contributed by atoms with E-state index in [2.05, 4.69) is 6.08 Å². The monoisotopic (exact) mass is 585 g/mol. The number of likely N-dealkylation sites (tertiary alicyclic amines) is 1. The maximum atomic E-state index is 15.0. The summed E-state index contributed by atoms with van der Waals surface area (Å²) in [4.78, 5) is 58.4. The molecular formula is C38H35NO5. The number of allylic oxidation sites excluding steroid dienone is 4. The van der Waals surface area contributed by atoms with Gasteiger partial charge in [-0.2, -0.15) is 0 Å². The van der Waals surface area contributed by atoms with Gasteiger partial charge in [-0.15, -0.1) is 0 Å². The van der Waals surface area contributed by atoms with Gasteiger partial charge in [0.05, 0.1) is 17.3 Å². The number of carbonyl (C=O) groups excluding carboxylic acids is 4. The Labute approximate surface area is 257 Å². The standard InChI is InChI=1S/C38H35NO5/c1-4-39-36(43)27-16-15-26-29(32(27)37(39)44)19-30-35(42)28(23-11-7-5-8-12-23)20-31(40)38(30,25-13-9-6-10-14-25)33(26)24-17-21(2)34(41)22(3)18-24/h5-15,17-18,20,27,29-30,32-33,41H,4,16,19H2,1-3H3. The third kappa shape index (κ3) is 3.79. The molecule has 1 N–H and O–H groups in total. The Hall–Kier alpha value is -4.58. The van der Waals surface area contributed by atoms with Crippen LogP contribution in [0.25, 0.3) is 5.57 Å². The molecule has 1 aliphatic heterocycles. The van der Waals surface area contributed by atoms with E-state index < -0.39 is 29.1 Å². The Bertz CT molecular complexity index is 1770. The summed E-state index contributed by atoms with van der Waals surface area (Å²) in [5.41, 5.74) is 3.67. The van der Waals surface area contributed by atoms with E-state index in [1.165, 1.54) is 11.0 Å². The number of hydrogen-bond acceptors (Lipinski definition) is 5. The Morgan fingerprint density at radius 1 is 0.864 bits per heavy atom. The summed E-state index contributed by atoms with van der Waals surface area (Å²) in [5, 5.41) is 10.7. The van der Waals surface area contributed by atoms with Crippen molar-refractivity contribution >= 4 is 29.0 Å². The Balaban J connectivity index is 1.53. The molecule has 0 spiro atoms. The zero-order valence-electron chi connectivity index (χ0n) is 25.1. The molecule has 1 heterocycles. The van der Waals surface area contributed by atoms with Crippen molar-refractivity contribution in [3.05, 3.63) is 118 Å². The number of phenolic OH excluding ortho intramolecular Hbond substituents is 1. The Morgan fingerprint density at radius 2 is 1.50 bits per heavy atom. The first kappa shape index (κ1) is 28.2. The van der Waals surface area contributed by atoms with Crippen LogP contribution in [0, 0.1) is 37.5 Å². The van der Waals surface area contributed by atoms with Gasteiger partial charge in [-0.05, 0) is 73.4 Å². The van der Waals surface area contributed by atoms with Crippen LogP contribution in [0.4, 0.5) is 0 Å². The van der Waals surface area contributed by atoms with Gasteiger partial charge in [0.25, 0.3) is 0 Å². The molecule has 0 bridgehead atoms. The fourth-order valence-electron chi connectivity index (χ4n) is 8.78. The lowest BCUT2D eigenvalue weighted by atomic mass is 9.44. The highest BCUT2D eigenvalue weighted by Gasteiger charge is 2.65. The van der Waals surface area contributed by atoms with Gasteiger partial charge in [0.2, 0.25) is 11.8 Å². The van der Waals surface area contributed by atoms with Gasteiger partial charge in [0, 0.05) is 24.0 Å². The second-order valence-electron chi connectivity index (χ2n) is 12.7. The van der Waals surface area contributed by atoms with Gasteiger partial charge in [-0.3, -0.25) is 24.1 Å². The summed E-state index contributed by atoms with van der Waals surface area (Å²) in [5.74, 6) is -3.18. The lowest BCUT2D eigenvalue weighted by Crippen LogP contribution is -2.58. The molecule has 0 radical (unpaired) electrons. The highest BCUT2D eigenvalue weighted by atomic mass is 16.3. The Kier molecular flexibility index (Phi) is 6.58. The minimum Gasteiger partial charge on any atom is -0.507 e. The van der Waals surface area contributed by atoms with Crippen molar-refractivity contribution in [3.8, 4) is 5.75 Å². The van der Waals surface area contributed by atoms with E-state index in [0.717, 1.165) is 16.7 Å². The quantitative estimate of drug-likeness (QED) is 0.306. The lowest BCUT2D eigenvalue weighted by Gasteiger charge is -2.55. The summed E-state index contributed by atoms with van der Waals surface area (Å²) in [7, 11) is 0. The van der Waals surface area contributed by atoms with E-state index in [0.29, 0.717) is 41.6 Å². The van der Waals surface area contributed by atoms with Crippen LogP contribution in [0.15, 0.2) is 90.5 Å². The predicted molar refractivity (Wildman–Crippen MR) is 167 cm³/mol. The Morgan fingerprint density at radius 3 is 2.14 bits per heavy atom. The van der Waals surface area contributed by atoms with E-state index in [4.69, 9.17) is 0 Å². The molecule has 2 fully saturated rings. The van der Waals surface area contributed by atoms with E-state index in [1.807, 2.05) is 93.6 Å². The number of Topliss-reactive ketones (excluding diaryl/α,β-unsaturated/α-hetero) is 1. The highest BCUT2D eigenvalue weighted by Crippen LogP contribution is 2.63. The molecule has 44 heavy (non-hydrogen) atoms. The van der Waals surface area contributed by atoms with E-state index in [-0.39, 0.29) is 35.0 Å². The van der Waals surface area contributed by atoms with Gasteiger partial charge >= 0.3 is 0 Å². The second-order valence-corrected chi connectivity index (χ2v) is 12.7. The first-order valence-corrected chi connectivity index (χ1v) is 15.5. The maximum Gasteiger partial charge on any atom is 0.233 e. The van der Waals surface area contributed by atoms with Gasteiger partial charge in [0.1, 0.15) is 5.75 Å². The van der Waals surface area contributed by atoms with Crippen LogP contribution >= 0.6 is 0 Å². The van der Waals surface area contributed by atoms with Crippen LogP contribution in [0.5, 0.6) is 5.75 Å². The molecule has 1 saturated heterocycles. The molecule has 3 aromatic rings. The van der Waals surface area contributed by atoms with Crippen molar-refractivity contribution in [2.45, 2.75) is 44.9 Å². The van der Waals surface area contributed by atoms with Crippen molar-refractivity contribution in [2.24, 2.45) is 23.7 Å². The molecule has 2 amide bonds. The number of hydrogen-bond donors (Lipinski definition) is 1. The predicted octanol–water partition coefficient (Wildman–Crippen LogP) is 5.85. The number of carbonyl (C=O) groups is 4. The minimum absolute atomic E-state index is 0.123. The SMILES string of the molecule is CCN1C(=O)C2CC=C3C(CC4C(=O)C(c5ccccc5)=CC(=O)C4(c4ccccc4)C3c3cc(C)c(O)c(C)c3)C2C1=O. The van der Waals surface area contributed by atoms with Gasteiger partial charge in [-0.1, -0.05) is 84.4 Å². The number of aromatic hydroxyl groups is 1. The molecule has 6 heteroatoms. The molecule has 222 valence electrons. The number of amides is 2. The van der Waals surface area contributed by atoms with Crippen LogP contribution in [-0.4, -0.2) is 39.9 Å². The van der Waals surface area contributed by atoms with Crippen LogP contribution < -0.4 is 0 Å². The molecule has 7 rings (SSSR count). The molecular weight excluding hydrogens is 550 g/mol. The van der Waals surface area contributed by atoms with Gasteiger partial charge in [-0.25, -0.2) is 0 Å². The number of aryl methyl sites for hydroxylation is 2. The van der Waals surface area contributed by atoms with Gasteiger partial charge in [0.15, 0.2) is 11.6 Å². The van der Waals surface area contributed by atoms with Crippen LogP contribution in [-0.2, 0) is 24.6 Å². The molecule has 6 atom stereocenters. The van der Waals surface area contributed by atoms with E-state index in [1.54, 1.807) is 0 Å². The van der Waals surface area contributed by atoms with Crippen molar-refractivity contribution in [2.75, 3.05) is 6.54 Å². The van der Waals surface area contributed by atoms with Crippen LogP contribution in [0.3, 0.4) is 0 Å². The van der Waals surface area contributed by atoms with Gasteiger partial charge < -0.3 is 5.11 Å². The van der Waals surface area contributed by atoms with Crippen molar-refractivity contribution in [1.82, 2.24) is 4.90 Å². The second kappa shape index (κ2) is 10.3. The van der Waals surface area contributed by atoms with Crippen molar-refractivity contribution < 1.29 is 24.3 Å². The van der Waals surface area contributed by atoms with Crippen molar-refractivity contribution in [3.63, 3.8) is 0 Å². The fourth-order valence-corrected chi connectivity index (χ4v) is 8.78. The maximum absolute atomic E-state index is 15.0. The minimum atomic E-state index is -1.27. The molecule has 3 aliphatic carbocycles. The number of benzene rings is 3. The number of rotatable bonds is 4. The largest absolute Gasteiger partial charge is 0.507 e. The number of fused-ring (bicyclic) bond motifs is 4. The molecule has 3 aromatic carbocycles. The van der Waals surface area contributed by atoms with Crippen LogP contribution in [0.2, 0.25) is 0 Å². The smallest absolute Gasteiger partial charge is 0.233 e. The van der Waals surface area contributed by atoms with Crippen molar-refractivity contribution in [1.29, 1.82) is 0 Å². The van der Waals surface area contributed by atoms with E-state index >= 15 is 0 Å². The molecule has 6 unspecified atom stereocenters. The summed E-state index contributed by atoms with van der Waals surface area (Å²) >= 11 is 0. The zero-order valence-corrected chi connectivity index (χ0v) is 25.1. The third-order valence-electron chi connectivity index (χ3n) is 10.6. The zero-order chi connectivity index (χ0) is 30.9. The number of phenols is 1. The summed E-state index contributed by atoms with van der Waals surface area (Å²) in [6.45, 7) is 5.79. The molecule has 0 aromatic heterocycles.